The molecule has 0 heterocycles. The molecule has 0 radical (unpaired) electrons. The van der Waals surface area contributed by atoms with Crippen LogP contribution in [0.25, 0.3) is 0 Å². The standard InChI is InChI=1S/C13H22/c1-6-8-9-10-12(5)13(7-2)11(3)4/h7H,2-3,6,8-10H2,1,4-5H3/b13-12-. The zero-order valence-corrected chi connectivity index (χ0v) is 9.32. The van der Waals surface area contributed by atoms with Gasteiger partial charge in [-0.25, -0.2) is 0 Å². The molecule has 13 heavy (non-hydrogen) atoms. The summed E-state index contributed by atoms with van der Waals surface area (Å²) in [6, 6.07) is 0. The summed E-state index contributed by atoms with van der Waals surface area (Å²) in [6.45, 7) is 14.2. The molecule has 0 aromatic carbocycles. The summed E-state index contributed by atoms with van der Waals surface area (Å²) >= 11 is 0. The van der Waals surface area contributed by atoms with Crippen molar-refractivity contribution in [3.05, 3.63) is 36.0 Å². The molecule has 0 N–H and O–H groups in total. The Hall–Kier alpha value is -0.780. The summed E-state index contributed by atoms with van der Waals surface area (Å²) in [7, 11) is 0. The summed E-state index contributed by atoms with van der Waals surface area (Å²) in [6.07, 6.45) is 6.99. The number of unbranched alkanes of at least 4 members (excludes halogenated alkanes) is 2. The Labute approximate surface area is 83.0 Å². The molecular formula is C13H22. The minimum atomic E-state index is 1.13. The fourth-order valence-corrected chi connectivity index (χ4v) is 1.49. The van der Waals surface area contributed by atoms with Gasteiger partial charge in [0.2, 0.25) is 0 Å². The van der Waals surface area contributed by atoms with E-state index in [0.29, 0.717) is 0 Å². The zero-order chi connectivity index (χ0) is 10.3. The maximum atomic E-state index is 3.95. The monoisotopic (exact) mass is 178 g/mol. The second-order valence-electron chi connectivity index (χ2n) is 3.64. The zero-order valence-electron chi connectivity index (χ0n) is 9.32. The van der Waals surface area contributed by atoms with Crippen molar-refractivity contribution in [2.75, 3.05) is 0 Å². The molecule has 0 unspecified atom stereocenters. The molecule has 0 aliphatic heterocycles. The maximum absolute atomic E-state index is 3.95. The Balaban J connectivity index is 4.22. The van der Waals surface area contributed by atoms with Crippen LogP contribution in [0.15, 0.2) is 36.0 Å². The first-order valence-corrected chi connectivity index (χ1v) is 5.11. The first-order chi connectivity index (χ1) is 6.13. The van der Waals surface area contributed by atoms with Crippen LogP contribution in [-0.4, -0.2) is 0 Å². The van der Waals surface area contributed by atoms with Crippen molar-refractivity contribution in [3.63, 3.8) is 0 Å². The molecule has 0 atom stereocenters. The lowest BCUT2D eigenvalue weighted by atomic mass is 9.99. The highest BCUT2D eigenvalue weighted by Crippen LogP contribution is 2.18. The van der Waals surface area contributed by atoms with E-state index < -0.39 is 0 Å². The smallest absolute Gasteiger partial charge is 0.0250 e. The summed E-state index contributed by atoms with van der Waals surface area (Å²) in [4.78, 5) is 0. The second-order valence-corrected chi connectivity index (χ2v) is 3.64. The van der Waals surface area contributed by atoms with Gasteiger partial charge in [0.15, 0.2) is 0 Å². The second kappa shape index (κ2) is 6.71. The first-order valence-electron chi connectivity index (χ1n) is 5.11. The molecule has 0 aromatic heterocycles. The van der Waals surface area contributed by atoms with Gasteiger partial charge in [-0.05, 0) is 32.3 Å². The van der Waals surface area contributed by atoms with E-state index in [4.69, 9.17) is 0 Å². The van der Waals surface area contributed by atoms with Crippen LogP contribution in [0, 0.1) is 0 Å². The van der Waals surface area contributed by atoms with E-state index in [1.807, 2.05) is 13.0 Å². The molecule has 0 aromatic rings. The molecule has 0 spiro atoms. The predicted molar refractivity (Wildman–Crippen MR) is 61.9 cm³/mol. The minimum Gasteiger partial charge on any atom is -0.0985 e. The number of hydrogen-bond acceptors (Lipinski definition) is 0. The molecule has 0 heteroatoms. The molecule has 0 rings (SSSR count). The van der Waals surface area contributed by atoms with E-state index >= 15 is 0 Å². The van der Waals surface area contributed by atoms with Crippen LogP contribution in [0.3, 0.4) is 0 Å². The van der Waals surface area contributed by atoms with E-state index in [0.717, 1.165) is 5.57 Å². The van der Waals surface area contributed by atoms with E-state index in [-0.39, 0.29) is 0 Å². The van der Waals surface area contributed by atoms with Gasteiger partial charge in [-0.3, -0.25) is 0 Å². The summed E-state index contributed by atoms with van der Waals surface area (Å²) in [5.41, 5.74) is 3.80. The highest BCUT2D eigenvalue weighted by molar-refractivity contribution is 5.39. The van der Waals surface area contributed by atoms with Crippen molar-refractivity contribution >= 4 is 0 Å². The van der Waals surface area contributed by atoms with Crippen molar-refractivity contribution in [1.29, 1.82) is 0 Å². The largest absolute Gasteiger partial charge is 0.0985 e. The van der Waals surface area contributed by atoms with Crippen LogP contribution in [-0.2, 0) is 0 Å². The highest BCUT2D eigenvalue weighted by atomic mass is 14.0. The van der Waals surface area contributed by atoms with Crippen molar-refractivity contribution in [3.8, 4) is 0 Å². The van der Waals surface area contributed by atoms with Crippen LogP contribution in [0.1, 0.15) is 46.5 Å². The fourth-order valence-electron chi connectivity index (χ4n) is 1.49. The van der Waals surface area contributed by atoms with Crippen LogP contribution >= 0.6 is 0 Å². The molecular weight excluding hydrogens is 156 g/mol. The lowest BCUT2D eigenvalue weighted by molar-refractivity contribution is 0.711. The van der Waals surface area contributed by atoms with Gasteiger partial charge in [-0.15, -0.1) is 0 Å². The molecule has 0 aliphatic rings. The molecule has 0 fully saturated rings. The minimum absolute atomic E-state index is 1.13. The third-order valence-corrected chi connectivity index (χ3v) is 2.28. The first kappa shape index (κ1) is 12.2. The van der Waals surface area contributed by atoms with Gasteiger partial charge in [0.1, 0.15) is 0 Å². The van der Waals surface area contributed by atoms with Gasteiger partial charge in [-0.2, -0.15) is 0 Å². The van der Waals surface area contributed by atoms with Gasteiger partial charge in [-0.1, -0.05) is 50.1 Å². The van der Waals surface area contributed by atoms with Gasteiger partial charge in [0.25, 0.3) is 0 Å². The molecule has 0 amide bonds. The Kier molecular flexibility index (Phi) is 6.30. The molecule has 0 aliphatic carbocycles. The topological polar surface area (TPSA) is 0 Å². The van der Waals surface area contributed by atoms with E-state index in [1.54, 1.807) is 0 Å². The van der Waals surface area contributed by atoms with E-state index in [9.17, 15) is 0 Å². The van der Waals surface area contributed by atoms with Crippen LogP contribution in [0.4, 0.5) is 0 Å². The number of rotatable bonds is 6. The van der Waals surface area contributed by atoms with Crippen molar-refractivity contribution in [1.82, 2.24) is 0 Å². The summed E-state index contributed by atoms with van der Waals surface area (Å²) in [5.74, 6) is 0. The third kappa shape index (κ3) is 4.72. The number of allylic oxidation sites excluding steroid dienone is 4. The number of hydrogen-bond donors (Lipinski definition) is 0. The molecule has 0 saturated heterocycles. The lowest BCUT2D eigenvalue weighted by Crippen LogP contribution is -1.87. The molecule has 0 saturated carbocycles. The summed E-state index contributed by atoms with van der Waals surface area (Å²) < 4.78 is 0. The van der Waals surface area contributed by atoms with Gasteiger partial charge >= 0.3 is 0 Å². The van der Waals surface area contributed by atoms with Gasteiger partial charge < -0.3 is 0 Å². The Morgan fingerprint density at radius 2 is 1.85 bits per heavy atom. The third-order valence-electron chi connectivity index (χ3n) is 2.28. The van der Waals surface area contributed by atoms with E-state index in [2.05, 4.69) is 27.0 Å². The summed E-state index contributed by atoms with van der Waals surface area (Å²) in [5, 5.41) is 0. The Bertz CT molecular complexity index is 206. The van der Waals surface area contributed by atoms with Crippen LogP contribution in [0.5, 0.6) is 0 Å². The van der Waals surface area contributed by atoms with Crippen molar-refractivity contribution in [2.24, 2.45) is 0 Å². The average Bonchev–Trinajstić information content (AvgIpc) is 2.05. The Morgan fingerprint density at radius 1 is 1.23 bits per heavy atom. The fraction of sp³-hybridized carbons (Fsp3) is 0.538. The van der Waals surface area contributed by atoms with Gasteiger partial charge in [0.05, 0.1) is 0 Å². The molecule has 0 nitrogen and oxygen atoms in total. The van der Waals surface area contributed by atoms with Crippen molar-refractivity contribution in [2.45, 2.75) is 46.5 Å². The van der Waals surface area contributed by atoms with Crippen molar-refractivity contribution < 1.29 is 0 Å². The normalized spacial score (nSPS) is 12.2. The maximum Gasteiger partial charge on any atom is -0.0250 e. The lowest BCUT2D eigenvalue weighted by Gasteiger charge is -2.07. The molecule has 0 bridgehead atoms. The Morgan fingerprint density at radius 3 is 2.23 bits per heavy atom. The quantitative estimate of drug-likeness (QED) is 0.410. The highest BCUT2D eigenvalue weighted by Gasteiger charge is 1.98. The average molecular weight is 178 g/mol. The van der Waals surface area contributed by atoms with Gasteiger partial charge in [0, 0.05) is 0 Å². The van der Waals surface area contributed by atoms with Crippen LogP contribution in [0.2, 0.25) is 0 Å². The van der Waals surface area contributed by atoms with Crippen LogP contribution < -0.4 is 0 Å². The molecule has 74 valence electrons. The predicted octanol–water partition coefficient (Wildman–Crippen LogP) is 4.65. The van der Waals surface area contributed by atoms with E-state index in [1.165, 1.54) is 36.8 Å². The SMILES string of the molecule is C=C/C(C(=C)C)=C(\C)CCCCC.